The molecule has 2 aromatic rings. The van der Waals surface area contributed by atoms with Crippen LogP contribution < -0.4 is 23.8 Å². The second-order valence-corrected chi connectivity index (χ2v) is 10.1. The molecule has 0 aliphatic rings. The van der Waals surface area contributed by atoms with E-state index in [-0.39, 0.29) is 23.9 Å². The van der Waals surface area contributed by atoms with Crippen LogP contribution in [0, 0.1) is 0 Å². The third kappa shape index (κ3) is 7.51. The fraction of sp³-hybridized carbons (Fsp3) is 0.440. The van der Waals surface area contributed by atoms with Crippen LogP contribution >= 0.6 is 0 Å². The number of carbonyl (C=O) groups is 2. The van der Waals surface area contributed by atoms with Crippen LogP contribution in [-0.2, 0) is 26.2 Å². The Bertz CT molecular complexity index is 1150. The predicted molar refractivity (Wildman–Crippen MR) is 138 cm³/mol. The number of hydrogen-bond donors (Lipinski definition) is 1. The fourth-order valence-corrected chi connectivity index (χ4v) is 4.38. The van der Waals surface area contributed by atoms with E-state index >= 15 is 0 Å². The summed E-state index contributed by atoms with van der Waals surface area (Å²) in [5.74, 6) is 0.405. The molecule has 10 nitrogen and oxygen atoms in total. The summed E-state index contributed by atoms with van der Waals surface area (Å²) in [6.45, 7) is 3.55. The Morgan fingerprint density at radius 2 is 1.67 bits per heavy atom. The van der Waals surface area contributed by atoms with Gasteiger partial charge < -0.3 is 24.4 Å². The van der Waals surface area contributed by atoms with E-state index in [9.17, 15) is 18.0 Å². The number of benzene rings is 2. The standard InChI is InChI=1S/C25H35N3O7S/c1-7-13-26-25(30)18(2)27(16-19-9-8-10-20(14-19)33-3)24(29)17-28(36(6,31)32)22-12-11-21(34-4)15-23(22)35-5/h8-12,14-15,18H,7,13,16-17H2,1-6H3,(H,26,30). The van der Waals surface area contributed by atoms with Crippen LogP contribution in [0.4, 0.5) is 5.69 Å². The zero-order valence-electron chi connectivity index (χ0n) is 21.6. The number of sulfonamides is 1. The van der Waals surface area contributed by atoms with Gasteiger partial charge in [0, 0.05) is 19.2 Å². The van der Waals surface area contributed by atoms with Crippen molar-refractivity contribution in [2.75, 3.05) is 45.0 Å². The van der Waals surface area contributed by atoms with Crippen LogP contribution in [0.3, 0.4) is 0 Å². The fourth-order valence-electron chi connectivity index (χ4n) is 3.53. The van der Waals surface area contributed by atoms with Gasteiger partial charge in [-0.25, -0.2) is 8.42 Å². The minimum atomic E-state index is -3.90. The molecule has 36 heavy (non-hydrogen) atoms. The van der Waals surface area contributed by atoms with Crippen LogP contribution in [0.2, 0.25) is 0 Å². The highest BCUT2D eigenvalue weighted by molar-refractivity contribution is 7.92. The summed E-state index contributed by atoms with van der Waals surface area (Å²) in [6, 6.07) is 10.9. The lowest BCUT2D eigenvalue weighted by molar-refractivity contribution is -0.139. The highest BCUT2D eigenvalue weighted by Crippen LogP contribution is 2.33. The molecule has 198 valence electrons. The molecule has 0 bridgehead atoms. The number of nitrogens with zero attached hydrogens (tertiary/aromatic N) is 2. The van der Waals surface area contributed by atoms with E-state index in [0.29, 0.717) is 18.0 Å². The number of anilines is 1. The van der Waals surface area contributed by atoms with Gasteiger partial charge in [-0.2, -0.15) is 0 Å². The zero-order chi connectivity index (χ0) is 26.9. The highest BCUT2D eigenvalue weighted by atomic mass is 32.2. The molecular formula is C25H35N3O7S. The minimum Gasteiger partial charge on any atom is -0.497 e. The van der Waals surface area contributed by atoms with Gasteiger partial charge >= 0.3 is 0 Å². The van der Waals surface area contributed by atoms with Crippen molar-refractivity contribution in [3.63, 3.8) is 0 Å². The van der Waals surface area contributed by atoms with Crippen molar-refractivity contribution in [1.82, 2.24) is 10.2 Å². The van der Waals surface area contributed by atoms with Crippen LogP contribution in [-0.4, -0.2) is 71.8 Å². The Morgan fingerprint density at radius 3 is 2.25 bits per heavy atom. The van der Waals surface area contributed by atoms with Crippen LogP contribution in [0.25, 0.3) is 0 Å². The SMILES string of the molecule is CCCNC(=O)C(C)N(Cc1cccc(OC)c1)C(=O)CN(c1ccc(OC)cc1OC)S(C)(=O)=O. The third-order valence-corrected chi connectivity index (χ3v) is 6.66. The van der Waals surface area contributed by atoms with E-state index in [4.69, 9.17) is 14.2 Å². The molecule has 0 aromatic heterocycles. The van der Waals surface area contributed by atoms with Crippen LogP contribution in [0.15, 0.2) is 42.5 Å². The number of ether oxygens (including phenoxy) is 3. The Morgan fingerprint density at radius 1 is 1.00 bits per heavy atom. The summed E-state index contributed by atoms with van der Waals surface area (Å²) < 4.78 is 42.3. The van der Waals surface area contributed by atoms with Crippen molar-refractivity contribution >= 4 is 27.5 Å². The molecule has 0 radical (unpaired) electrons. The van der Waals surface area contributed by atoms with E-state index in [1.54, 1.807) is 37.3 Å². The first-order valence-electron chi connectivity index (χ1n) is 11.5. The van der Waals surface area contributed by atoms with E-state index in [1.165, 1.54) is 38.4 Å². The van der Waals surface area contributed by atoms with Gasteiger partial charge in [-0.3, -0.25) is 13.9 Å². The first kappa shape index (κ1) is 28.8. The number of methoxy groups -OCH3 is 3. The first-order valence-corrected chi connectivity index (χ1v) is 13.3. The lowest BCUT2D eigenvalue weighted by Crippen LogP contribution is -2.51. The summed E-state index contributed by atoms with van der Waals surface area (Å²) >= 11 is 0. The van der Waals surface area contributed by atoms with E-state index in [0.717, 1.165) is 22.5 Å². The summed E-state index contributed by atoms with van der Waals surface area (Å²) in [4.78, 5) is 27.8. The van der Waals surface area contributed by atoms with Gasteiger partial charge in [0.05, 0.1) is 33.3 Å². The van der Waals surface area contributed by atoms with Crippen LogP contribution in [0.5, 0.6) is 17.2 Å². The molecule has 1 atom stereocenters. The second kappa shape index (κ2) is 13.0. The summed E-state index contributed by atoms with van der Waals surface area (Å²) in [7, 11) is 0.517. The average Bonchev–Trinajstić information content (AvgIpc) is 2.87. The van der Waals surface area contributed by atoms with Crippen LogP contribution in [0.1, 0.15) is 25.8 Å². The van der Waals surface area contributed by atoms with Gasteiger partial charge in [-0.1, -0.05) is 19.1 Å². The maximum absolute atomic E-state index is 13.6. The van der Waals surface area contributed by atoms with E-state index < -0.39 is 28.5 Å². The number of rotatable bonds is 13. The van der Waals surface area contributed by atoms with E-state index in [2.05, 4.69) is 5.32 Å². The quantitative estimate of drug-likeness (QED) is 0.431. The molecule has 11 heteroatoms. The van der Waals surface area contributed by atoms with Crippen molar-refractivity contribution in [3.05, 3.63) is 48.0 Å². The molecule has 0 saturated heterocycles. The Hall–Kier alpha value is -3.47. The Balaban J connectivity index is 2.46. The zero-order valence-corrected chi connectivity index (χ0v) is 22.4. The van der Waals surface area contributed by atoms with Crippen molar-refractivity contribution in [2.24, 2.45) is 0 Å². The molecular weight excluding hydrogens is 486 g/mol. The minimum absolute atomic E-state index is 0.0775. The molecule has 1 N–H and O–H groups in total. The molecule has 0 spiro atoms. The molecule has 2 aromatic carbocycles. The number of carbonyl (C=O) groups excluding carboxylic acids is 2. The number of hydrogen-bond acceptors (Lipinski definition) is 7. The predicted octanol–water partition coefficient (Wildman–Crippen LogP) is 2.42. The lowest BCUT2D eigenvalue weighted by atomic mass is 10.1. The van der Waals surface area contributed by atoms with Gasteiger partial charge in [-0.05, 0) is 43.2 Å². The Labute approximate surface area is 213 Å². The smallest absolute Gasteiger partial charge is 0.244 e. The topological polar surface area (TPSA) is 114 Å². The molecule has 2 amide bonds. The largest absolute Gasteiger partial charge is 0.497 e. The average molecular weight is 522 g/mol. The molecule has 2 rings (SSSR count). The normalized spacial score (nSPS) is 11.8. The molecule has 0 saturated carbocycles. The van der Waals surface area contributed by atoms with E-state index in [1.807, 2.05) is 6.92 Å². The van der Waals surface area contributed by atoms with Gasteiger partial charge in [0.25, 0.3) is 0 Å². The Kier molecular flexibility index (Phi) is 10.4. The van der Waals surface area contributed by atoms with Gasteiger partial charge in [0.15, 0.2) is 0 Å². The summed E-state index contributed by atoms with van der Waals surface area (Å²) in [6.07, 6.45) is 1.75. The second-order valence-electron chi connectivity index (χ2n) is 8.15. The molecule has 1 unspecified atom stereocenters. The maximum Gasteiger partial charge on any atom is 0.244 e. The molecule has 0 aliphatic heterocycles. The molecule has 0 heterocycles. The highest BCUT2D eigenvalue weighted by Gasteiger charge is 2.31. The lowest BCUT2D eigenvalue weighted by Gasteiger charge is -2.32. The summed E-state index contributed by atoms with van der Waals surface area (Å²) in [5, 5.41) is 2.80. The third-order valence-electron chi connectivity index (χ3n) is 5.54. The molecule has 0 fully saturated rings. The van der Waals surface area contributed by atoms with Crippen molar-refractivity contribution in [1.29, 1.82) is 0 Å². The van der Waals surface area contributed by atoms with Gasteiger partial charge in [-0.15, -0.1) is 0 Å². The number of nitrogens with one attached hydrogen (secondary N) is 1. The monoisotopic (exact) mass is 521 g/mol. The van der Waals surface area contributed by atoms with Gasteiger partial charge in [0.1, 0.15) is 29.8 Å². The number of amides is 2. The molecule has 0 aliphatic carbocycles. The summed E-state index contributed by atoms with van der Waals surface area (Å²) in [5.41, 5.74) is 0.907. The van der Waals surface area contributed by atoms with Gasteiger partial charge in [0.2, 0.25) is 21.8 Å². The first-order chi connectivity index (χ1) is 17.0. The maximum atomic E-state index is 13.6. The van der Waals surface area contributed by atoms with Crippen molar-refractivity contribution < 1.29 is 32.2 Å². The van der Waals surface area contributed by atoms with Crippen molar-refractivity contribution in [3.8, 4) is 17.2 Å². The van der Waals surface area contributed by atoms with Crippen molar-refractivity contribution in [2.45, 2.75) is 32.9 Å².